The van der Waals surface area contributed by atoms with Gasteiger partial charge in [0.1, 0.15) is 6.04 Å². The summed E-state index contributed by atoms with van der Waals surface area (Å²) in [4.78, 5) is 12.5. The van der Waals surface area contributed by atoms with Gasteiger partial charge in [-0.2, -0.15) is 0 Å². The molecule has 1 heterocycles. The van der Waals surface area contributed by atoms with Gasteiger partial charge >= 0.3 is 0 Å². The third-order valence-corrected chi connectivity index (χ3v) is 4.50. The minimum atomic E-state index is -0.665. The highest BCUT2D eigenvalue weighted by molar-refractivity contribution is 5.90. The van der Waals surface area contributed by atoms with Crippen LogP contribution >= 0.6 is 0 Å². The molecule has 1 unspecified atom stereocenters. The summed E-state index contributed by atoms with van der Waals surface area (Å²) >= 11 is 0. The maximum Gasteiger partial charge on any atom is 0.245 e. The summed E-state index contributed by atoms with van der Waals surface area (Å²) in [5.74, 6) is -0.169. The summed E-state index contributed by atoms with van der Waals surface area (Å²) in [6.45, 7) is 8.56. The van der Waals surface area contributed by atoms with Crippen LogP contribution in [0.5, 0.6) is 0 Å². The van der Waals surface area contributed by atoms with Crippen molar-refractivity contribution in [3.05, 3.63) is 71.0 Å². The summed E-state index contributed by atoms with van der Waals surface area (Å²) < 4.78 is 0. The number of fused-ring (bicyclic) bond motifs is 1. The molecule has 3 N–H and O–H groups in total. The van der Waals surface area contributed by atoms with Gasteiger partial charge in [0.05, 0.1) is 0 Å². The third kappa shape index (κ3) is 3.02. The van der Waals surface area contributed by atoms with Crippen molar-refractivity contribution < 1.29 is 4.79 Å². The molecule has 0 aromatic heterocycles. The van der Waals surface area contributed by atoms with E-state index in [4.69, 9.17) is 5.73 Å². The van der Waals surface area contributed by atoms with E-state index in [2.05, 4.69) is 69.5 Å². The van der Waals surface area contributed by atoms with Crippen molar-refractivity contribution in [3.8, 4) is 0 Å². The first-order valence-corrected chi connectivity index (χ1v) is 8.01. The quantitative estimate of drug-likeness (QED) is 0.721. The minimum absolute atomic E-state index is 0.0523. The second-order valence-corrected chi connectivity index (χ2v) is 7.64. The number of hydrogen-bond donors (Lipinski definition) is 2. The molecule has 3 nitrogen and oxygen atoms in total. The van der Waals surface area contributed by atoms with Gasteiger partial charge in [-0.1, -0.05) is 70.2 Å². The van der Waals surface area contributed by atoms with Gasteiger partial charge in [-0.25, -0.2) is 0 Å². The molecule has 0 radical (unpaired) electrons. The Hall–Kier alpha value is -2.13. The molecule has 1 amide bonds. The molecule has 1 aliphatic heterocycles. The van der Waals surface area contributed by atoms with E-state index in [1.165, 1.54) is 0 Å². The average molecular weight is 308 g/mol. The van der Waals surface area contributed by atoms with Crippen LogP contribution in [0.1, 0.15) is 27.7 Å². The Kier molecular flexibility index (Phi) is 3.56. The molecule has 3 aliphatic rings. The van der Waals surface area contributed by atoms with Crippen LogP contribution in [0.25, 0.3) is 0 Å². The summed E-state index contributed by atoms with van der Waals surface area (Å²) in [6.07, 6.45) is 16.7. The lowest BCUT2D eigenvalue weighted by Gasteiger charge is -2.15. The topological polar surface area (TPSA) is 55.1 Å². The number of allylic oxidation sites excluding steroid dienone is 9. The van der Waals surface area contributed by atoms with Crippen molar-refractivity contribution in [2.45, 2.75) is 33.7 Å². The molecule has 0 saturated heterocycles. The van der Waals surface area contributed by atoms with E-state index in [0.717, 1.165) is 22.4 Å². The summed E-state index contributed by atoms with van der Waals surface area (Å²) in [5.41, 5.74) is 9.81. The fourth-order valence-electron chi connectivity index (χ4n) is 2.89. The van der Waals surface area contributed by atoms with Gasteiger partial charge in [-0.3, -0.25) is 4.79 Å². The van der Waals surface area contributed by atoms with Crippen LogP contribution < -0.4 is 11.1 Å². The molecule has 0 fully saturated rings. The van der Waals surface area contributed by atoms with Crippen LogP contribution in [-0.4, -0.2) is 11.9 Å². The number of rotatable bonds is 0. The molecule has 2 aliphatic carbocycles. The molecule has 120 valence electrons. The number of hydrogen-bond acceptors (Lipinski definition) is 2. The van der Waals surface area contributed by atoms with Crippen molar-refractivity contribution in [1.29, 1.82) is 0 Å². The van der Waals surface area contributed by atoms with E-state index in [-0.39, 0.29) is 16.7 Å². The predicted octanol–water partition coefficient (Wildman–Crippen LogP) is 3.30. The van der Waals surface area contributed by atoms with Gasteiger partial charge < -0.3 is 11.1 Å². The van der Waals surface area contributed by atoms with Crippen molar-refractivity contribution >= 4 is 5.91 Å². The lowest BCUT2D eigenvalue weighted by atomic mass is 9.91. The fraction of sp³-hybridized carbons (Fsp3) is 0.350. The maximum atomic E-state index is 12.5. The van der Waals surface area contributed by atoms with E-state index < -0.39 is 6.04 Å². The Bertz CT molecular complexity index is 740. The summed E-state index contributed by atoms with van der Waals surface area (Å²) in [7, 11) is 0. The standard InChI is InChI=1S/C20H24N2O/c1-19(2)9-5-13-14-6-10-20(3,4)12-8-16(14)22-18(23)17(21)15(13)7-11-19/h5-12,17H,21H2,1-4H3,(H,22,23). The number of amides is 1. The molecule has 1 atom stereocenters. The Morgan fingerprint density at radius 1 is 0.870 bits per heavy atom. The smallest absolute Gasteiger partial charge is 0.245 e. The second kappa shape index (κ2) is 5.20. The first-order valence-electron chi connectivity index (χ1n) is 8.01. The lowest BCUT2D eigenvalue weighted by molar-refractivity contribution is -0.120. The molecule has 0 spiro atoms. The highest BCUT2D eigenvalue weighted by atomic mass is 16.2. The predicted molar refractivity (Wildman–Crippen MR) is 94.3 cm³/mol. The molecule has 0 aromatic carbocycles. The van der Waals surface area contributed by atoms with Crippen LogP contribution in [0.2, 0.25) is 0 Å². The van der Waals surface area contributed by atoms with Gasteiger partial charge in [0, 0.05) is 22.1 Å². The Morgan fingerprint density at radius 2 is 1.39 bits per heavy atom. The number of nitrogens with one attached hydrogen (secondary N) is 1. The zero-order chi connectivity index (χ0) is 16.8. The van der Waals surface area contributed by atoms with E-state index in [9.17, 15) is 4.79 Å². The molecule has 0 aromatic rings. The maximum absolute atomic E-state index is 12.5. The number of carbonyl (C=O) groups excluding carboxylic acids is 1. The molecular formula is C20H24N2O. The van der Waals surface area contributed by atoms with Crippen molar-refractivity contribution in [3.63, 3.8) is 0 Å². The Balaban J connectivity index is 2.23. The molecular weight excluding hydrogens is 284 g/mol. The van der Waals surface area contributed by atoms with Crippen molar-refractivity contribution in [2.75, 3.05) is 0 Å². The van der Waals surface area contributed by atoms with E-state index in [1.807, 2.05) is 12.2 Å². The normalized spacial score (nSPS) is 27.9. The van der Waals surface area contributed by atoms with Gasteiger partial charge in [0.2, 0.25) is 5.91 Å². The second-order valence-electron chi connectivity index (χ2n) is 7.64. The fourth-order valence-corrected chi connectivity index (χ4v) is 2.89. The Labute approximate surface area is 138 Å². The van der Waals surface area contributed by atoms with Gasteiger partial charge in [-0.05, 0) is 17.2 Å². The SMILES string of the molecule is CC1(C)C=CC2=C(C=C1)C1=C(C=CC(C)(C)C=C1)C(N)C(=O)N2. The van der Waals surface area contributed by atoms with Gasteiger partial charge in [0.15, 0.2) is 0 Å². The van der Waals surface area contributed by atoms with E-state index >= 15 is 0 Å². The first kappa shape index (κ1) is 15.8. The highest BCUT2D eigenvalue weighted by Crippen LogP contribution is 2.35. The molecule has 3 rings (SSSR count). The molecule has 0 bridgehead atoms. The largest absolute Gasteiger partial charge is 0.324 e. The van der Waals surface area contributed by atoms with Crippen LogP contribution in [0, 0.1) is 10.8 Å². The van der Waals surface area contributed by atoms with Gasteiger partial charge in [-0.15, -0.1) is 0 Å². The average Bonchev–Trinajstić information content (AvgIpc) is 2.74. The summed E-state index contributed by atoms with van der Waals surface area (Å²) in [5, 5.41) is 2.97. The van der Waals surface area contributed by atoms with Crippen LogP contribution in [0.3, 0.4) is 0 Å². The Morgan fingerprint density at radius 3 is 2.04 bits per heavy atom. The number of carbonyl (C=O) groups is 1. The van der Waals surface area contributed by atoms with Crippen molar-refractivity contribution in [1.82, 2.24) is 5.32 Å². The van der Waals surface area contributed by atoms with E-state index in [0.29, 0.717) is 0 Å². The lowest BCUT2D eigenvalue weighted by Crippen LogP contribution is -2.40. The monoisotopic (exact) mass is 308 g/mol. The van der Waals surface area contributed by atoms with Gasteiger partial charge in [0.25, 0.3) is 0 Å². The third-order valence-electron chi connectivity index (χ3n) is 4.50. The first-order chi connectivity index (χ1) is 10.7. The highest BCUT2D eigenvalue weighted by Gasteiger charge is 2.29. The van der Waals surface area contributed by atoms with Crippen LogP contribution in [0.4, 0.5) is 0 Å². The number of nitrogens with two attached hydrogens (primary N) is 1. The molecule has 23 heavy (non-hydrogen) atoms. The van der Waals surface area contributed by atoms with Crippen LogP contribution in [-0.2, 0) is 4.79 Å². The minimum Gasteiger partial charge on any atom is -0.324 e. The zero-order valence-corrected chi connectivity index (χ0v) is 14.2. The molecule has 3 heteroatoms. The zero-order valence-electron chi connectivity index (χ0n) is 14.2. The van der Waals surface area contributed by atoms with Crippen molar-refractivity contribution in [2.24, 2.45) is 16.6 Å². The van der Waals surface area contributed by atoms with Crippen LogP contribution in [0.15, 0.2) is 71.0 Å². The van der Waals surface area contributed by atoms with E-state index in [1.54, 1.807) is 0 Å². The summed E-state index contributed by atoms with van der Waals surface area (Å²) in [6, 6.07) is -0.665. The molecule has 0 saturated carbocycles.